The molecule has 1 aromatic carbocycles. The lowest BCUT2D eigenvalue weighted by Gasteiger charge is -2.04. The molecule has 0 N–H and O–H groups in total. The van der Waals surface area contributed by atoms with Gasteiger partial charge in [-0.3, -0.25) is 14.9 Å². The Labute approximate surface area is 116 Å². The Morgan fingerprint density at radius 1 is 1.42 bits per heavy atom. The number of ketones is 1. The van der Waals surface area contributed by atoms with E-state index in [4.69, 9.17) is 9.15 Å². The molecule has 0 amide bonds. The van der Waals surface area contributed by atoms with Gasteiger partial charge in [-0.2, -0.15) is 0 Å². The van der Waals surface area contributed by atoms with Crippen molar-refractivity contribution in [1.82, 2.24) is 0 Å². The van der Waals surface area contributed by atoms with Gasteiger partial charge in [0.2, 0.25) is 5.78 Å². The van der Waals surface area contributed by atoms with Gasteiger partial charge in [-0.25, -0.2) is 0 Å². The van der Waals surface area contributed by atoms with Crippen molar-refractivity contribution in [1.29, 1.82) is 0 Å². The Hall–Kier alpha value is -2.15. The maximum absolute atomic E-state index is 11.6. The van der Waals surface area contributed by atoms with Gasteiger partial charge in [-0.1, -0.05) is 15.9 Å². The van der Waals surface area contributed by atoms with Crippen LogP contribution >= 0.6 is 15.9 Å². The zero-order chi connectivity index (χ0) is 13.8. The fourth-order valence-corrected chi connectivity index (χ4v) is 1.85. The molecule has 1 aromatic heterocycles. The second kappa shape index (κ2) is 5.66. The first kappa shape index (κ1) is 13.3. The minimum absolute atomic E-state index is 0.116. The third kappa shape index (κ3) is 3.41. The standard InChI is InChI=1S/C12H8BrNO5/c13-8-4-9(14(16)17)6-10(5-8)19-7-11(15)12-2-1-3-18-12/h1-6H,7H2. The minimum atomic E-state index is -0.536. The van der Waals surface area contributed by atoms with Gasteiger partial charge in [-0.15, -0.1) is 0 Å². The SMILES string of the molecule is O=C(COc1cc(Br)cc([N+](=O)[O-])c1)c1ccco1. The van der Waals surface area contributed by atoms with E-state index in [1.807, 2.05) is 0 Å². The maximum Gasteiger partial charge on any atom is 0.274 e. The highest BCUT2D eigenvalue weighted by Gasteiger charge is 2.13. The van der Waals surface area contributed by atoms with Crippen molar-refractivity contribution >= 4 is 27.4 Å². The number of hydrogen-bond donors (Lipinski definition) is 0. The zero-order valence-corrected chi connectivity index (χ0v) is 11.1. The summed E-state index contributed by atoms with van der Waals surface area (Å²) in [6.07, 6.45) is 1.39. The normalized spacial score (nSPS) is 10.2. The van der Waals surface area contributed by atoms with Gasteiger partial charge in [0, 0.05) is 10.5 Å². The Morgan fingerprint density at radius 3 is 2.84 bits per heavy atom. The van der Waals surface area contributed by atoms with E-state index in [2.05, 4.69) is 15.9 Å². The fourth-order valence-electron chi connectivity index (χ4n) is 1.39. The predicted molar refractivity (Wildman–Crippen MR) is 69.3 cm³/mol. The zero-order valence-electron chi connectivity index (χ0n) is 9.54. The van der Waals surface area contributed by atoms with Crippen molar-refractivity contribution in [2.45, 2.75) is 0 Å². The van der Waals surface area contributed by atoms with E-state index in [1.54, 1.807) is 12.1 Å². The van der Waals surface area contributed by atoms with Crippen LogP contribution in [0.15, 0.2) is 45.5 Å². The summed E-state index contributed by atoms with van der Waals surface area (Å²) in [5.41, 5.74) is -0.116. The van der Waals surface area contributed by atoms with E-state index in [0.29, 0.717) is 4.47 Å². The van der Waals surface area contributed by atoms with Gasteiger partial charge >= 0.3 is 0 Å². The number of hydrogen-bond acceptors (Lipinski definition) is 5. The van der Waals surface area contributed by atoms with Crippen LogP contribution < -0.4 is 4.74 Å². The van der Waals surface area contributed by atoms with Crippen molar-refractivity contribution in [3.63, 3.8) is 0 Å². The number of nitrogens with zero attached hydrogens (tertiary/aromatic N) is 1. The Kier molecular flexibility index (Phi) is 3.96. The highest BCUT2D eigenvalue weighted by Crippen LogP contribution is 2.26. The number of furan rings is 1. The van der Waals surface area contributed by atoms with Crippen LogP contribution in [0.2, 0.25) is 0 Å². The van der Waals surface area contributed by atoms with Gasteiger partial charge in [-0.05, 0) is 18.2 Å². The molecule has 0 saturated carbocycles. The van der Waals surface area contributed by atoms with E-state index >= 15 is 0 Å². The predicted octanol–water partition coefficient (Wildman–Crippen LogP) is 3.21. The van der Waals surface area contributed by atoms with Crippen molar-refractivity contribution in [3.8, 4) is 5.75 Å². The number of nitro groups is 1. The van der Waals surface area contributed by atoms with Crippen LogP contribution in [0.4, 0.5) is 5.69 Å². The molecule has 7 heteroatoms. The first-order chi connectivity index (χ1) is 9.06. The van der Waals surface area contributed by atoms with Crippen molar-refractivity contribution in [2.75, 3.05) is 6.61 Å². The van der Waals surface area contributed by atoms with Crippen LogP contribution in [0.5, 0.6) is 5.75 Å². The van der Waals surface area contributed by atoms with E-state index in [0.717, 1.165) is 0 Å². The van der Waals surface area contributed by atoms with Gasteiger partial charge < -0.3 is 9.15 Å². The molecular weight excluding hydrogens is 318 g/mol. The van der Waals surface area contributed by atoms with Crippen LogP contribution in [0.25, 0.3) is 0 Å². The summed E-state index contributed by atoms with van der Waals surface area (Å²) in [5.74, 6) is 0.0816. The molecule has 0 atom stereocenters. The third-order valence-corrected chi connectivity index (χ3v) is 2.69. The Balaban J connectivity index is 2.07. The third-order valence-electron chi connectivity index (χ3n) is 2.23. The van der Waals surface area contributed by atoms with Crippen LogP contribution in [0.1, 0.15) is 10.6 Å². The molecule has 0 aliphatic heterocycles. The molecule has 0 bridgehead atoms. The van der Waals surface area contributed by atoms with Crippen molar-refractivity contribution < 1.29 is 18.9 Å². The summed E-state index contributed by atoms with van der Waals surface area (Å²) in [4.78, 5) is 21.8. The largest absolute Gasteiger partial charge is 0.485 e. The number of benzene rings is 1. The van der Waals surface area contributed by atoms with E-state index in [9.17, 15) is 14.9 Å². The Bertz CT molecular complexity index is 609. The average Bonchev–Trinajstić information content (AvgIpc) is 2.89. The fraction of sp³-hybridized carbons (Fsp3) is 0.0833. The number of ether oxygens (including phenoxy) is 1. The molecule has 0 aliphatic rings. The molecule has 6 nitrogen and oxygen atoms in total. The maximum atomic E-state index is 11.6. The van der Waals surface area contributed by atoms with Crippen molar-refractivity contribution in [3.05, 3.63) is 56.9 Å². The van der Waals surface area contributed by atoms with Gasteiger partial charge in [0.25, 0.3) is 5.69 Å². The summed E-state index contributed by atoms with van der Waals surface area (Å²) in [6.45, 7) is -0.249. The summed E-state index contributed by atoms with van der Waals surface area (Å²) in [7, 11) is 0. The lowest BCUT2D eigenvalue weighted by atomic mass is 10.3. The molecular formula is C12H8BrNO5. The van der Waals surface area contributed by atoms with E-state index in [-0.39, 0.29) is 29.6 Å². The monoisotopic (exact) mass is 325 g/mol. The average molecular weight is 326 g/mol. The summed E-state index contributed by atoms with van der Waals surface area (Å²) < 4.78 is 10.6. The Morgan fingerprint density at radius 2 is 2.21 bits per heavy atom. The van der Waals surface area contributed by atoms with E-state index in [1.165, 1.54) is 24.5 Å². The lowest BCUT2D eigenvalue weighted by Crippen LogP contribution is -2.10. The molecule has 0 aliphatic carbocycles. The second-order valence-electron chi connectivity index (χ2n) is 3.59. The molecule has 1 heterocycles. The summed E-state index contributed by atoms with van der Waals surface area (Å²) >= 11 is 3.14. The molecule has 0 saturated heterocycles. The number of nitro benzene ring substituents is 1. The molecule has 19 heavy (non-hydrogen) atoms. The highest BCUT2D eigenvalue weighted by molar-refractivity contribution is 9.10. The van der Waals surface area contributed by atoms with Gasteiger partial charge in [0.05, 0.1) is 17.3 Å². The number of carbonyl (C=O) groups excluding carboxylic acids is 1. The number of halogens is 1. The number of carbonyl (C=O) groups is 1. The molecule has 2 rings (SSSR count). The molecule has 0 radical (unpaired) electrons. The first-order valence-corrected chi connectivity index (χ1v) is 6.00. The first-order valence-electron chi connectivity index (χ1n) is 5.21. The van der Waals surface area contributed by atoms with Gasteiger partial charge in [0.15, 0.2) is 12.4 Å². The molecule has 0 fully saturated rings. The quantitative estimate of drug-likeness (QED) is 0.479. The number of non-ortho nitro benzene ring substituents is 1. The molecule has 0 unspecified atom stereocenters. The molecule has 98 valence electrons. The highest BCUT2D eigenvalue weighted by atomic mass is 79.9. The van der Waals surface area contributed by atoms with Crippen LogP contribution in [-0.2, 0) is 0 Å². The van der Waals surface area contributed by atoms with Gasteiger partial charge in [0.1, 0.15) is 5.75 Å². The minimum Gasteiger partial charge on any atom is -0.485 e. The molecule has 0 spiro atoms. The second-order valence-corrected chi connectivity index (χ2v) is 4.51. The van der Waals surface area contributed by atoms with Crippen LogP contribution in [-0.4, -0.2) is 17.3 Å². The topological polar surface area (TPSA) is 82.6 Å². The summed E-state index contributed by atoms with van der Waals surface area (Å²) in [5, 5.41) is 10.7. The molecule has 2 aromatic rings. The lowest BCUT2D eigenvalue weighted by molar-refractivity contribution is -0.385. The van der Waals surface area contributed by atoms with Crippen molar-refractivity contribution in [2.24, 2.45) is 0 Å². The summed E-state index contributed by atoms with van der Waals surface area (Å²) in [6, 6.07) is 7.26. The van der Waals surface area contributed by atoms with E-state index < -0.39 is 4.92 Å². The van der Waals surface area contributed by atoms with Crippen LogP contribution in [0.3, 0.4) is 0 Å². The smallest absolute Gasteiger partial charge is 0.274 e. The van der Waals surface area contributed by atoms with Crippen LogP contribution in [0, 0.1) is 10.1 Å². The number of Topliss-reactive ketones (excluding diaryl/α,β-unsaturated/α-hetero) is 1. The number of rotatable bonds is 5.